The van der Waals surface area contributed by atoms with Gasteiger partial charge >= 0.3 is 7.60 Å². The fraction of sp³-hybridized carbons (Fsp3) is 0.533. The van der Waals surface area contributed by atoms with Crippen LogP contribution in [0.15, 0.2) is 22.7 Å². The van der Waals surface area contributed by atoms with Gasteiger partial charge in [0.05, 0.1) is 10.6 Å². The predicted molar refractivity (Wildman–Crippen MR) is 89.7 cm³/mol. The summed E-state index contributed by atoms with van der Waals surface area (Å²) >= 11 is 3.46. The van der Waals surface area contributed by atoms with E-state index in [-0.39, 0.29) is 24.5 Å². The van der Waals surface area contributed by atoms with E-state index in [1.54, 1.807) is 0 Å². The molecule has 7 heteroatoms. The zero-order valence-corrected chi connectivity index (χ0v) is 15.8. The number of Topliss-reactive ketones (excluding diaryl/α,β-unsaturated/α-hetero) is 1. The summed E-state index contributed by atoms with van der Waals surface area (Å²) in [6.07, 6.45) is 0.747. The SMILES string of the molecule is COP(=O)(CC(=O)CCc1ccc(OC(C)C)c(Br)c1)OC. The number of ketones is 1. The van der Waals surface area contributed by atoms with Gasteiger partial charge in [-0.05, 0) is 53.9 Å². The highest BCUT2D eigenvalue weighted by molar-refractivity contribution is 9.10. The van der Waals surface area contributed by atoms with Gasteiger partial charge in [-0.15, -0.1) is 0 Å². The summed E-state index contributed by atoms with van der Waals surface area (Å²) in [4.78, 5) is 11.9. The number of rotatable bonds is 9. The molecule has 0 unspecified atom stereocenters. The van der Waals surface area contributed by atoms with Gasteiger partial charge in [0.15, 0.2) is 0 Å². The molecule has 0 aliphatic carbocycles. The Kier molecular flexibility index (Phi) is 7.77. The third kappa shape index (κ3) is 6.21. The van der Waals surface area contributed by atoms with Crippen molar-refractivity contribution in [2.45, 2.75) is 32.8 Å². The fourth-order valence-electron chi connectivity index (χ4n) is 1.83. The molecule has 0 aliphatic heterocycles. The molecule has 0 aliphatic rings. The van der Waals surface area contributed by atoms with Crippen molar-refractivity contribution in [1.29, 1.82) is 0 Å². The maximum Gasteiger partial charge on any atom is 0.337 e. The van der Waals surface area contributed by atoms with Gasteiger partial charge < -0.3 is 13.8 Å². The number of ether oxygens (including phenoxy) is 1. The Morgan fingerprint density at radius 1 is 1.27 bits per heavy atom. The van der Waals surface area contributed by atoms with Crippen molar-refractivity contribution >= 4 is 29.3 Å². The third-order valence-corrected chi connectivity index (χ3v) is 5.45. The molecule has 0 saturated carbocycles. The fourth-order valence-corrected chi connectivity index (χ4v) is 3.35. The Hall–Kier alpha value is -0.680. The maximum atomic E-state index is 11.9. The lowest BCUT2D eigenvalue weighted by atomic mass is 10.1. The van der Waals surface area contributed by atoms with Gasteiger partial charge in [-0.1, -0.05) is 6.07 Å². The van der Waals surface area contributed by atoms with Gasteiger partial charge in [0.25, 0.3) is 0 Å². The molecule has 22 heavy (non-hydrogen) atoms. The monoisotopic (exact) mass is 392 g/mol. The van der Waals surface area contributed by atoms with Gasteiger partial charge in [0, 0.05) is 20.6 Å². The molecule has 0 radical (unpaired) electrons. The van der Waals surface area contributed by atoms with Crippen LogP contribution in [0, 0.1) is 0 Å². The number of halogens is 1. The lowest BCUT2D eigenvalue weighted by Gasteiger charge is -2.13. The van der Waals surface area contributed by atoms with Crippen molar-refractivity contribution in [2.24, 2.45) is 0 Å². The van der Waals surface area contributed by atoms with Crippen molar-refractivity contribution in [3.05, 3.63) is 28.2 Å². The maximum absolute atomic E-state index is 11.9. The Balaban J connectivity index is 2.60. The molecule has 1 aromatic rings. The van der Waals surface area contributed by atoms with Crippen molar-refractivity contribution in [1.82, 2.24) is 0 Å². The summed E-state index contributed by atoms with van der Waals surface area (Å²) in [7, 11) is -0.711. The molecular weight excluding hydrogens is 371 g/mol. The second-order valence-corrected chi connectivity index (χ2v) is 8.23. The smallest absolute Gasteiger partial charge is 0.337 e. The normalized spacial score (nSPS) is 11.7. The van der Waals surface area contributed by atoms with Crippen molar-refractivity contribution in [3.8, 4) is 5.75 Å². The first-order chi connectivity index (χ1) is 10.3. The second kappa shape index (κ2) is 8.82. The molecule has 0 fully saturated rings. The average Bonchev–Trinajstić information content (AvgIpc) is 2.47. The van der Waals surface area contributed by atoms with Gasteiger partial charge in [0.1, 0.15) is 17.7 Å². The molecule has 0 bridgehead atoms. The Morgan fingerprint density at radius 2 is 1.91 bits per heavy atom. The standard InChI is InChI=1S/C15H22BrO5P/c1-11(2)21-15-8-6-12(9-14(15)16)5-7-13(17)10-22(18,19-3)20-4/h6,8-9,11H,5,7,10H2,1-4H3. The number of aryl methyl sites for hydroxylation is 1. The Morgan fingerprint density at radius 3 is 2.41 bits per heavy atom. The van der Waals surface area contributed by atoms with Gasteiger partial charge in [-0.2, -0.15) is 0 Å². The van der Waals surface area contributed by atoms with E-state index < -0.39 is 7.60 Å². The molecule has 0 atom stereocenters. The molecule has 124 valence electrons. The number of hydrogen-bond donors (Lipinski definition) is 0. The minimum absolute atomic E-state index is 0.0981. The van der Waals surface area contributed by atoms with Crippen LogP contribution < -0.4 is 4.74 Å². The van der Waals surface area contributed by atoms with E-state index >= 15 is 0 Å². The summed E-state index contributed by atoms with van der Waals surface area (Å²) in [5, 5.41) is 0. The van der Waals surface area contributed by atoms with Crippen LogP contribution in [0.5, 0.6) is 5.75 Å². The van der Waals surface area contributed by atoms with Crippen LogP contribution in [0.4, 0.5) is 0 Å². The van der Waals surface area contributed by atoms with E-state index in [1.807, 2.05) is 32.0 Å². The van der Waals surface area contributed by atoms with E-state index in [2.05, 4.69) is 15.9 Å². The quantitative estimate of drug-likeness (QED) is 0.588. The van der Waals surface area contributed by atoms with E-state index in [0.717, 1.165) is 15.8 Å². The van der Waals surface area contributed by atoms with Crippen LogP contribution in [-0.4, -0.2) is 32.3 Å². The molecule has 0 heterocycles. The minimum Gasteiger partial charge on any atom is -0.490 e. The van der Waals surface area contributed by atoms with Crippen molar-refractivity contribution < 1.29 is 23.1 Å². The Bertz CT molecular complexity index is 551. The predicted octanol–water partition coefficient (Wildman–Crippen LogP) is 4.22. The molecular formula is C15H22BrO5P. The lowest BCUT2D eigenvalue weighted by Crippen LogP contribution is -2.09. The average molecular weight is 393 g/mol. The molecule has 0 aromatic heterocycles. The molecule has 0 N–H and O–H groups in total. The molecule has 0 amide bonds. The first-order valence-electron chi connectivity index (χ1n) is 6.97. The molecule has 5 nitrogen and oxygen atoms in total. The van der Waals surface area contributed by atoms with Crippen LogP contribution >= 0.6 is 23.5 Å². The van der Waals surface area contributed by atoms with Crippen LogP contribution in [0.1, 0.15) is 25.8 Å². The zero-order chi connectivity index (χ0) is 16.8. The number of benzene rings is 1. The number of carbonyl (C=O) groups is 1. The number of hydrogen-bond acceptors (Lipinski definition) is 5. The number of carbonyl (C=O) groups excluding carboxylic acids is 1. The Labute approximate surface area is 140 Å². The van der Waals surface area contributed by atoms with Crippen molar-refractivity contribution in [2.75, 3.05) is 20.4 Å². The van der Waals surface area contributed by atoms with E-state index in [1.165, 1.54) is 14.2 Å². The second-order valence-electron chi connectivity index (χ2n) is 5.10. The lowest BCUT2D eigenvalue weighted by molar-refractivity contribution is -0.116. The van der Waals surface area contributed by atoms with Gasteiger partial charge in [-0.3, -0.25) is 9.36 Å². The highest BCUT2D eigenvalue weighted by atomic mass is 79.9. The topological polar surface area (TPSA) is 61.8 Å². The third-order valence-electron chi connectivity index (χ3n) is 2.98. The summed E-state index contributed by atoms with van der Waals surface area (Å²) in [6, 6.07) is 5.72. The summed E-state index contributed by atoms with van der Waals surface area (Å²) in [5.41, 5.74) is 1.00. The summed E-state index contributed by atoms with van der Waals surface area (Å²) in [6.45, 7) is 3.92. The van der Waals surface area contributed by atoms with E-state index in [9.17, 15) is 9.36 Å². The van der Waals surface area contributed by atoms with E-state index in [4.69, 9.17) is 13.8 Å². The highest BCUT2D eigenvalue weighted by Gasteiger charge is 2.25. The first-order valence-corrected chi connectivity index (χ1v) is 9.49. The van der Waals surface area contributed by atoms with Gasteiger partial charge in [0.2, 0.25) is 0 Å². The van der Waals surface area contributed by atoms with Crippen LogP contribution in [-0.2, 0) is 24.8 Å². The highest BCUT2D eigenvalue weighted by Crippen LogP contribution is 2.46. The van der Waals surface area contributed by atoms with Crippen LogP contribution in [0.25, 0.3) is 0 Å². The van der Waals surface area contributed by atoms with Crippen LogP contribution in [0.3, 0.4) is 0 Å². The molecule has 1 aromatic carbocycles. The van der Waals surface area contributed by atoms with E-state index in [0.29, 0.717) is 6.42 Å². The molecule has 0 saturated heterocycles. The molecule has 1 rings (SSSR count). The van der Waals surface area contributed by atoms with Crippen molar-refractivity contribution in [3.63, 3.8) is 0 Å². The summed E-state index contributed by atoms with van der Waals surface area (Å²) < 4.78 is 27.9. The van der Waals surface area contributed by atoms with Gasteiger partial charge in [-0.25, -0.2) is 0 Å². The van der Waals surface area contributed by atoms with Crippen LogP contribution in [0.2, 0.25) is 0 Å². The first kappa shape index (κ1) is 19.4. The minimum atomic E-state index is -3.27. The zero-order valence-electron chi connectivity index (χ0n) is 13.3. The molecule has 0 spiro atoms. The summed E-state index contributed by atoms with van der Waals surface area (Å²) in [5.74, 6) is 0.624. The largest absolute Gasteiger partial charge is 0.490 e.